The number of benzene rings is 2. The normalized spacial score (nSPS) is 14.9. The molecule has 0 unspecified atom stereocenters. The summed E-state index contributed by atoms with van der Waals surface area (Å²) in [5.41, 5.74) is 17.4. The number of alkyl halides is 1. The van der Waals surface area contributed by atoms with E-state index in [9.17, 15) is 4.39 Å². The first-order valence-corrected chi connectivity index (χ1v) is 10.9. The fraction of sp³-hybridized carbons (Fsp3) is 0.417. The molecule has 2 aromatic carbocycles. The number of nitrogens with zero attached hydrogens (tertiary/aromatic N) is 2. The molecule has 1 aliphatic rings. The van der Waals surface area contributed by atoms with Gasteiger partial charge in [-0.3, -0.25) is 4.90 Å². The molecule has 7 heteroatoms. The third-order valence-electron chi connectivity index (χ3n) is 5.87. The van der Waals surface area contributed by atoms with E-state index in [1.807, 2.05) is 12.1 Å². The van der Waals surface area contributed by atoms with Gasteiger partial charge in [-0.2, -0.15) is 0 Å². The molecule has 0 bridgehead atoms. The molecule has 0 radical (unpaired) electrons. The highest BCUT2D eigenvalue weighted by atomic mass is 19.1. The number of hydrogen-bond donors (Lipinski definition) is 2. The van der Waals surface area contributed by atoms with Crippen LogP contribution in [-0.4, -0.2) is 49.2 Å². The molecule has 1 aliphatic heterocycles. The van der Waals surface area contributed by atoms with Crippen LogP contribution in [0.1, 0.15) is 17.5 Å². The Morgan fingerprint density at radius 1 is 1.03 bits per heavy atom. The summed E-state index contributed by atoms with van der Waals surface area (Å²) in [4.78, 5) is 2.42. The van der Waals surface area contributed by atoms with Crippen molar-refractivity contribution >= 4 is 10.9 Å². The molecular weight excluding hydrogens is 395 g/mol. The van der Waals surface area contributed by atoms with Crippen LogP contribution in [0.4, 0.5) is 4.39 Å². The first-order chi connectivity index (χ1) is 15.2. The van der Waals surface area contributed by atoms with E-state index in [4.69, 9.17) is 20.9 Å². The predicted octanol–water partition coefficient (Wildman–Crippen LogP) is 3.25. The minimum absolute atomic E-state index is 0.349. The van der Waals surface area contributed by atoms with Crippen molar-refractivity contribution in [3.63, 3.8) is 0 Å². The van der Waals surface area contributed by atoms with Crippen molar-refractivity contribution in [3.05, 3.63) is 53.7 Å². The third kappa shape index (κ3) is 4.91. The summed E-state index contributed by atoms with van der Waals surface area (Å²) < 4.78 is 25.4. The van der Waals surface area contributed by atoms with Gasteiger partial charge < -0.3 is 25.5 Å². The smallest absolute Gasteiger partial charge is 0.228 e. The van der Waals surface area contributed by atoms with Gasteiger partial charge in [0.05, 0.1) is 13.2 Å². The van der Waals surface area contributed by atoms with Crippen molar-refractivity contribution in [2.24, 2.45) is 11.5 Å². The zero-order valence-electron chi connectivity index (χ0n) is 17.9. The van der Waals surface area contributed by atoms with Crippen LogP contribution in [0.25, 0.3) is 22.0 Å². The van der Waals surface area contributed by atoms with Crippen LogP contribution in [0.5, 0.6) is 5.75 Å². The zero-order chi connectivity index (χ0) is 21.6. The standard InChI is InChI=1S/C24H31FN4O2/c25-17-31-20-3-4-21(19(13-20)14-27)23-16-29(7-1-6-26)24-5-2-18(12-22(23)24)15-28-8-10-30-11-9-28/h2-5,12-13,16H,1,6-11,14-15,17,26-27H2. The Morgan fingerprint density at radius 2 is 1.87 bits per heavy atom. The summed E-state index contributed by atoms with van der Waals surface area (Å²) in [7, 11) is 0. The molecule has 0 amide bonds. The summed E-state index contributed by atoms with van der Waals surface area (Å²) in [5.74, 6) is 0.492. The number of hydrogen-bond acceptors (Lipinski definition) is 5. The second-order valence-electron chi connectivity index (χ2n) is 7.89. The number of fused-ring (bicyclic) bond motifs is 1. The molecule has 2 heterocycles. The Bertz CT molecular complexity index is 1010. The van der Waals surface area contributed by atoms with Crippen LogP contribution >= 0.6 is 0 Å². The molecule has 1 aromatic heterocycles. The van der Waals surface area contributed by atoms with Gasteiger partial charge in [-0.1, -0.05) is 12.1 Å². The number of aryl methyl sites for hydroxylation is 1. The molecule has 0 aliphatic carbocycles. The lowest BCUT2D eigenvalue weighted by Crippen LogP contribution is -2.35. The van der Waals surface area contributed by atoms with E-state index in [1.54, 1.807) is 6.07 Å². The van der Waals surface area contributed by atoms with Crippen LogP contribution in [0.15, 0.2) is 42.6 Å². The van der Waals surface area contributed by atoms with Crippen molar-refractivity contribution < 1.29 is 13.9 Å². The number of halogens is 1. The van der Waals surface area contributed by atoms with Crippen LogP contribution in [-0.2, 0) is 24.4 Å². The van der Waals surface area contributed by atoms with E-state index in [2.05, 4.69) is 33.9 Å². The third-order valence-corrected chi connectivity index (χ3v) is 5.87. The van der Waals surface area contributed by atoms with Gasteiger partial charge in [0, 0.05) is 55.4 Å². The SMILES string of the molecule is NCCCn1cc(-c2ccc(OCF)cc2CN)c2cc(CN3CCOCC3)ccc21. The Hall–Kier alpha value is -2.45. The average Bonchev–Trinajstić information content (AvgIpc) is 3.16. The van der Waals surface area contributed by atoms with E-state index in [-0.39, 0.29) is 0 Å². The van der Waals surface area contributed by atoms with Crippen molar-refractivity contribution in [2.75, 3.05) is 39.7 Å². The van der Waals surface area contributed by atoms with Crippen molar-refractivity contribution in [3.8, 4) is 16.9 Å². The molecule has 0 saturated carbocycles. The number of nitrogens with two attached hydrogens (primary N) is 2. The largest absolute Gasteiger partial charge is 0.463 e. The molecule has 1 saturated heterocycles. The fourth-order valence-electron chi connectivity index (χ4n) is 4.28. The van der Waals surface area contributed by atoms with Crippen molar-refractivity contribution in [1.82, 2.24) is 9.47 Å². The van der Waals surface area contributed by atoms with Gasteiger partial charge in [0.15, 0.2) is 0 Å². The number of aromatic nitrogens is 1. The highest BCUT2D eigenvalue weighted by Gasteiger charge is 2.16. The lowest BCUT2D eigenvalue weighted by atomic mass is 9.98. The predicted molar refractivity (Wildman–Crippen MR) is 122 cm³/mol. The van der Waals surface area contributed by atoms with Crippen LogP contribution < -0.4 is 16.2 Å². The monoisotopic (exact) mass is 426 g/mol. The van der Waals surface area contributed by atoms with Crippen LogP contribution in [0, 0.1) is 0 Å². The van der Waals surface area contributed by atoms with E-state index in [1.165, 1.54) is 16.5 Å². The number of rotatable bonds is 9. The molecule has 1 fully saturated rings. The molecule has 166 valence electrons. The van der Waals surface area contributed by atoms with Crippen LogP contribution in [0.3, 0.4) is 0 Å². The van der Waals surface area contributed by atoms with Crippen LogP contribution in [0.2, 0.25) is 0 Å². The molecule has 4 rings (SSSR count). The quantitative estimate of drug-likeness (QED) is 0.549. The van der Waals surface area contributed by atoms with E-state index in [0.717, 1.165) is 62.5 Å². The lowest BCUT2D eigenvalue weighted by molar-refractivity contribution is 0.0342. The van der Waals surface area contributed by atoms with E-state index in [0.29, 0.717) is 18.8 Å². The molecular formula is C24H31FN4O2. The van der Waals surface area contributed by atoms with Gasteiger partial charge in [0.1, 0.15) is 5.75 Å². The van der Waals surface area contributed by atoms with Gasteiger partial charge >= 0.3 is 0 Å². The summed E-state index contributed by atoms with van der Waals surface area (Å²) in [6.45, 7) is 5.39. The Morgan fingerprint density at radius 3 is 2.61 bits per heavy atom. The number of ether oxygens (including phenoxy) is 2. The highest BCUT2D eigenvalue weighted by molar-refractivity contribution is 5.97. The zero-order valence-corrected chi connectivity index (χ0v) is 17.9. The molecule has 4 N–H and O–H groups in total. The van der Waals surface area contributed by atoms with Gasteiger partial charge in [-0.05, 0) is 53.9 Å². The maximum atomic E-state index is 12.6. The first kappa shape index (κ1) is 21.8. The summed E-state index contributed by atoms with van der Waals surface area (Å²) in [6, 6.07) is 12.3. The van der Waals surface area contributed by atoms with Gasteiger partial charge in [0.25, 0.3) is 0 Å². The number of morpholine rings is 1. The van der Waals surface area contributed by atoms with E-state index >= 15 is 0 Å². The van der Waals surface area contributed by atoms with Gasteiger partial charge in [-0.15, -0.1) is 0 Å². The summed E-state index contributed by atoms with van der Waals surface area (Å²) >= 11 is 0. The Balaban J connectivity index is 1.76. The van der Waals surface area contributed by atoms with Gasteiger partial charge in [0.2, 0.25) is 6.86 Å². The van der Waals surface area contributed by atoms with Gasteiger partial charge in [-0.25, -0.2) is 4.39 Å². The molecule has 3 aromatic rings. The lowest BCUT2D eigenvalue weighted by Gasteiger charge is -2.26. The molecule has 0 atom stereocenters. The van der Waals surface area contributed by atoms with Crippen molar-refractivity contribution in [1.29, 1.82) is 0 Å². The first-order valence-electron chi connectivity index (χ1n) is 10.9. The fourth-order valence-corrected chi connectivity index (χ4v) is 4.28. The topological polar surface area (TPSA) is 78.7 Å². The Labute approximate surface area is 182 Å². The minimum atomic E-state index is -0.855. The summed E-state index contributed by atoms with van der Waals surface area (Å²) in [6.07, 6.45) is 3.09. The van der Waals surface area contributed by atoms with E-state index < -0.39 is 6.86 Å². The second kappa shape index (κ2) is 10.2. The molecule has 31 heavy (non-hydrogen) atoms. The highest BCUT2D eigenvalue weighted by Crippen LogP contribution is 2.35. The average molecular weight is 427 g/mol. The maximum Gasteiger partial charge on any atom is 0.228 e. The Kier molecular flexibility index (Phi) is 7.19. The molecule has 0 spiro atoms. The van der Waals surface area contributed by atoms with Crippen molar-refractivity contribution in [2.45, 2.75) is 26.1 Å². The molecule has 6 nitrogen and oxygen atoms in total. The minimum Gasteiger partial charge on any atom is -0.463 e. The summed E-state index contributed by atoms with van der Waals surface area (Å²) in [5, 5.41) is 1.19. The second-order valence-corrected chi connectivity index (χ2v) is 7.89. The maximum absolute atomic E-state index is 12.6.